The number of carboxylic acids is 1. The molecule has 1 aromatic carbocycles. The summed E-state index contributed by atoms with van der Waals surface area (Å²) in [4.78, 5) is 11.0. The van der Waals surface area contributed by atoms with Gasteiger partial charge < -0.3 is 5.11 Å². The molecule has 0 aromatic heterocycles. The zero-order valence-electron chi connectivity index (χ0n) is 12.0. The van der Waals surface area contributed by atoms with E-state index in [1.807, 2.05) is 6.92 Å². The van der Waals surface area contributed by atoms with E-state index in [0.29, 0.717) is 5.75 Å². The fourth-order valence-corrected chi connectivity index (χ4v) is 4.41. The second-order valence-corrected chi connectivity index (χ2v) is 8.00. The van der Waals surface area contributed by atoms with Crippen molar-refractivity contribution in [1.82, 2.24) is 4.72 Å². The Hall–Kier alpha value is -0.760. The number of thioether (sulfide) groups is 1. The van der Waals surface area contributed by atoms with Crippen LogP contribution in [0.4, 0.5) is 0 Å². The van der Waals surface area contributed by atoms with Gasteiger partial charge in [0.25, 0.3) is 0 Å². The van der Waals surface area contributed by atoms with Crippen LogP contribution in [0.1, 0.15) is 29.8 Å². The van der Waals surface area contributed by atoms with Crippen LogP contribution in [-0.4, -0.2) is 37.0 Å². The summed E-state index contributed by atoms with van der Waals surface area (Å²) in [6.45, 7) is 5.21. The summed E-state index contributed by atoms with van der Waals surface area (Å²) in [6.07, 6.45) is 0. The zero-order chi connectivity index (χ0) is 16.2. The Balaban J connectivity index is 3.17. The van der Waals surface area contributed by atoms with Gasteiger partial charge in [-0.1, -0.05) is 18.5 Å². The van der Waals surface area contributed by atoms with Crippen LogP contribution in [0.15, 0.2) is 17.0 Å². The number of hydrogen-bond acceptors (Lipinski definition) is 4. The lowest BCUT2D eigenvalue weighted by Gasteiger charge is -2.16. The van der Waals surface area contributed by atoms with Gasteiger partial charge in [-0.25, -0.2) is 17.9 Å². The van der Waals surface area contributed by atoms with Crippen molar-refractivity contribution in [3.8, 4) is 0 Å². The van der Waals surface area contributed by atoms with E-state index in [4.69, 9.17) is 16.7 Å². The monoisotopic (exact) mass is 351 g/mol. The molecular weight excluding hydrogens is 334 g/mol. The van der Waals surface area contributed by atoms with E-state index in [9.17, 15) is 13.2 Å². The van der Waals surface area contributed by atoms with E-state index in [1.54, 1.807) is 18.7 Å². The lowest BCUT2D eigenvalue weighted by atomic mass is 10.1. The van der Waals surface area contributed by atoms with Gasteiger partial charge >= 0.3 is 5.97 Å². The second-order valence-electron chi connectivity index (χ2n) is 4.56. The largest absolute Gasteiger partial charge is 0.478 e. The number of halogens is 1. The van der Waals surface area contributed by atoms with Crippen LogP contribution in [0, 0.1) is 6.92 Å². The summed E-state index contributed by atoms with van der Waals surface area (Å²) in [5.41, 5.74) is 0.0632. The van der Waals surface area contributed by atoms with Crippen molar-refractivity contribution in [2.45, 2.75) is 31.7 Å². The summed E-state index contributed by atoms with van der Waals surface area (Å²) in [6, 6.07) is 2.26. The molecule has 21 heavy (non-hydrogen) atoms. The van der Waals surface area contributed by atoms with Crippen LogP contribution in [-0.2, 0) is 10.0 Å². The molecule has 1 unspecified atom stereocenters. The summed E-state index contributed by atoms with van der Waals surface area (Å²) in [7, 11) is -3.81. The first-order valence-corrected chi connectivity index (χ1v) is 9.34. The highest BCUT2D eigenvalue weighted by molar-refractivity contribution is 7.99. The van der Waals surface area contributed by atoms with E-state index < -0.39 is 16.0 Å². The Morgan fingerprint density at radius 1 is 1.48 bits per heavy atom. The van der Waals surface area contributed by atoms with Crippen molar-refractivity contribution in [1.29, 1.82) is 0 Å². The van der Waals surface area contributed by atoms with Gasteiger partial charge in [-0.3, -0.25) is 0 Å². The number of carboxylic acid groups (broad SMARTS) is 1. The lowest BCUT2D eigenvalue weighted by Crippen LogP contribution is -2.35. The van der Waals surface area contributed by atoms with E-state index in [1.165, 1.54) is 19.1 Å². The Kier molecular flexibility index (Phi) is 6.52. The van der Waals surface area contributed by atoms with Gasteiger partial charge in [-0.2, -0.15) is 11.8 Å². The van der Waals surface area contributed by atoms with Gasteiger partial charge in [-0.15, -0.1) is 0 Å². The molecule has 0 fully saturated rings. The Morgan fingerprint density at radius 2 is 2.10 bits per heavy atom. The van der Waals surface area contributed by atoms with Gasteiger partial charge in [0.05, 0.1) is 10.5 Å². The van der Waals surface area contributed by atoms with Crippen molar-refractivity contribution >= 4 is 39.4 Å². The van der Waals surface area contributed by atoms with E-state index in [2.05, 4.69) is 4.72 Å². The fraction of sp³-hybridized carbons (Fsp3) is 0.462. The molecule has 0 heterocycles. The van der Waals surface area contributed by atoms with Gasteiger partial charge in [0.15, 0.2) is 0 Å². The van der Waals surface area contributed by atoms with Crippen LogP contribution in [0.3, 0.4) is 0 Å². The number of nitrogens with one attached hydrogen (secondary N) is 1. The zero-order valence-corrected chi connectivity index (χ0v) is 14.4. The fourth-order valence-electron chi connectivity index (χ4n) is 1.81. The Labute approximate surface area is 134 Å². The van der Waals surface area contributed by atoms with Gasteiger partial charge in [0, 0.05) is 16.8 Å². The molecule has 0 saturated carbocycles. The van der Waals surface area contributed by atoms with Crippen molar-refractivity contribution < 1.29 is 18.3 Å². The second kappa shape index (κ2) is 7.49. The lowest BCUT2D eigenvalue weighted by molar-refractivity contribution is 0.0696. The number of carbonyl (C=O) groups is 1. The average molecular weight is 352 g/mol. The molecule has 2 N–H and O–H groups in total. The molecule has 0 spiro atoms. The molecule has 0 amide bonds. The van der Waals surface area contributed by atoms with Crippen LogP contribution in [0.5, 0.6) is 0 Å². The molecule has 0 bridgehead atoms. The third-order valence-electron chi connectivity index (χ3n) is 2.77. The smallest absolute Gasteiger partial charge is 0.336 e. The van der Waals surface area contributed by atoms with Crippen LogP contribution < -0.4 is 4.72 Å². The summed E-state index contributed by atoms with van der Waals surface area (Å²) in [5, 5.41) is 9.18. The molecule has 0 saturated heterocycles. The molecule has 0 aliphatic carbocycles. The topological polar surface area (TPSA) is 83.5 Å². The van der Waals surface area contributed by atoms with E-state index in [-0.39, 0.29) is 27.1 Å². The summed E-state index contributed by atoms with van der Waals surface area (Å²) < 4.78 is 27.3. The highest BCUT2D eigenvalue weighted by Crippen LogP contribution is 2.25. The predicted molar refractivity (Wildman–Crippen MR) is 85.9 cm³/mol. The molecule has 8 heteroatoms. The number of benzene rings is 1. The molecule has 0 aliphatic rings. The molecular formula is C13H18ClNO4S2. The van der Waals surface area contributed by atoms with E-state index in [0.717, 1.165) is 5.75 Å². The average Bonchev–Trinajstić information content (AvgIpc) is 2.37. The molecule has 1 aromatic rings. The first kappa shape index (κ1) is 18.3. The van der Waals surface area contributed by atoms with Crippen LogP contribution >= 0.6 is 23.4 Å². The highest BCUT2D eigenvalue weighted by atomic mass is 35.5. The first-order valence-electron chi connectivity index (χ1n) is 6.32. The third-order valence-corrected chi connectivity index (χ3v) is 5.85. The first-order chi connectivity index (χ1) is 9.69. The molecule has 1 rings (SSSR count). The van der Waals surface area contributed by atoms with Gasteiger partial charge in [-0.05, 0) is 37.3 Å². The Morgan fingerprint density at radius 3 is 2.62 bits per heavy atom. The quantitative estimate of drug-likeness (QED) is 0.789. The summed E-state index contributed by atoms with van der Waals surface area (Å²) >= 11 is 7.45. The number of hydrogen-bond donors (Lipinski definition) is 2. The number of rotatable bonds is 7. The minimum Gasteiger partial charge on any atom is -0.478 e. The molecule has 5 nitrogen and oxygen atoms in total. The number of sulfonamides is 1. The third kappa shape index (κ3) is 4.88. The highest BCUT2D eigenvalue weighted by Gasteiger charge is 2.23. The maximum absolute atomic E-state index is 12.4. The molecule has 0 radical (unpaired) electrons. The van der Waals surface area contributed by atoms with Crippen molar-refractivity contribution in [2.75, 3.05) is 11.5 Å². The van der Waals surface area contributed by atoms with Crippen LogP contribution in [0.2, 0.25) is 5.02 Å². The van der Waals surface area contributed by atoms with Crippen LogP contribution in [0.25, 0.3) is 0 Å². The molecule has 1 atom stereocenters. The minimum absolute atomic E-state index is 0.0777. The van der Waals surface area contributed by atoms with Gasteiger partial charge in [0.1, 0.15) is 0 Å². The normalized spacial score (nSPS) is 13.1. The predicted octanol–water partition coefficient (Wildman–Crippen LogP) is 2.77. The minimum atomic E-state index is -3.81. The SMILES string of the molecule is CCSCC(C)NS(=O)(=O)c1cc(Cl)cc(C(=O)O)c1C. The van der Waals surface area contributed by atoms with E-state index >= 15 is 0 Å². The molecule has 0 aliphatic heterocycles. The summed E-state index contributed by atoms with van der Waals surface area (Å²) in [5.74, 6) is 0.327. The maximum atomic E-state index is 12.4. The van der Waals surface area contributed by atoms with Crippen molar-refractivity contribution in [3.63, 3.8) is 0 Å². The molecule has 118 valence electrons. The maximum Gasteiger partial charge on any atom is 0.336 e. The van der Waals surface area contributed by atoms with Crippen molar-refractivity contribution in [2.24, 2.45) is 0 Å². The number of aromatic carboxylic acids is 1. The van der Waals surface area contributed by atoms with Gasteiger partial charge in [0.2, 0.25) is 10.0 Å². The Bertz CT molecular complexity index is 631. The van der Waals surface area contributed by atoms with Crippen molar-refractivity contribution in [3.05, 3.63) is 28.3 Å². The standard InChI is InChI=1S/C13H18ClNO4S2/c1-4-20-7-8(2)15-21(18,19)12-6-10(14)5-11(9(12)3)13(16)17/h5-6,8,15H,4,7H2,1-3H3,(H,16,17).